The van der Waals surface area contributed by atoms with E-state index in [0.717, 1.165) is 5.56 Å². The van der Waals surface area contributed by atoms with Crippen LogP contribution >= 0.6 is 12.6 Å². The van der Waals surface area contributed by atoms with E-state index in [1.165, 1.54) is 29.4 Å². The van der Waals surface area contributed by atoms with Gasteiger partial charge in [0.1, 0.15) is 35.2 Å². The molecule has 1 aliphatic heterocycles. The monoisotopic (exact) mass is 419 g/mol. The molecule has 0 aliphatic carbocycles. The Morgan fingerprint density at radius 2 is 1.97 bits per heavy atom. The molecule has 0 amide bonds. The summed E-state index contributed by atoms with van der Waals surface area (Å²) in [6, 6.07) is 5.96. The van der Waals surface area contributed by atoms with Crippen LogP contribution in [0.2, 0.25) is 0 Å². The van der Waals surface area contributed by atoms with E-state index in [4.69, 9.17) is 9.47 Å². The van der Waals surface area contributed by atoms with Crippen LogP contribution in [0.25, 0.3) is 11.2 Å². The topological polar surface area (TPSA) is 146 Å². The molecule has 0 radical (unpaired) electrons. The van der Waals surface area contributed by atoms with E-state index in [9.17, 15) is 20.3 Å². The summed E-state index contributed by atoms with van der Waals surface area (Å²) in [6.45, 7) is 0.195. The normalized spacial score (nSPS) is 24.2. The maximum Gasteiger partial charge on any atom is 0.269 e. The number of rotatable bonds is 6. The molecule has 3 heterocycles. The quantitative estimate of drug-likeness (QED) is 0.229. The average molecular weight is 419 g/mol. The highest BCUT2D eigenvalue weighted by Crippen LogP contribution is 2.32. The average Bonchev–Trinajstić information content (AvgIpc) is 3.26. The molecule has 29 heavy (non-hydrogen) atoms. The zero-order chi connectivity index (χ0) is 20.5. The van der Waals surface area contributed by atoms with Gasteiger partial charge in [-0.25, -0.2) is 15.0 Å². The number of aliphatic hydroxyl groups is 2. The molecule has 0 spiro atoms. The third-order valence-corrected chi connectivity index (χ3v) is 4.98. The number of benzene rings is 1. The number of hydrogen-bond donors (Lipinski definition) is 3. The number of fused-ring (bicyclic) bond motifs is 1. The molecule has 2 aromatic heterocycles. The predicted octanol–water partition coefficient (Wildman–Crippen LogP) is 0.859. The van der Waals surface area contributed by atoms with E-state index in [0.29, 0.717) is 16.2 Å². The van der Waals surface area contributed by atoms with Gasteiger partial charge < -0.3 is 19.7 Å². The highest BCUT2D eigenvalue weighted by atomic mass is 32.1. The number of non-ortho nitro benzene ring substituents is 1. The van der Waals surface area contributed by atoms with E-state index < -0.39 is 29.5 Å². The fraction of sp³-hybridized carbons (Fsp3) is 0.353. The van der Waals surface area contributed by atoms with E-state index in [1.54, 1.807) is 12.1 Å². The highest BCUT2D eigenvalue weighted by molar-refractivity contribution is 7.80. The van der Waals surface area contributed by atoms with E-state index in [1.807, 2.05) is 0 Å². The number of aliphatic hydroxyl groups excluding tert-OH is 2. The van der Waals surface area contributed by atoms with Gasteiger partial charge in [-0.05, 0) is 17.7 Å². The van der Waals surface area contributed by atoms with Gasteiger partial charge >= 0.3 is 0 Å². The Bertz CT molecular complexity index is 1030. The lowest BCUT2D eigenvalue weighted by molar-refractivity contribution is -0.384. The molecule has 1 aromatic carbocycles. The Labute approximate surface area is 169 Å². The first-order chi connectivity index (χ1) is 14.0. The molecule has 0 unspecified atom stereocenters. The summed E-state index contributed by atoms with van der Waals surface area (Å²) in [5.74, 6) is 0. The molecule has 12 heteroatoms. The number of aromatic nitrogens is 4. The summed E-state index contributed by atoms with van der Waals surface area (Å²) in [5, 5.41) is 31.8. The molecular weight excluding hydrogens is 402 g/mol. The fourth-order valence-corrected chi connectivity index (χ4v) is 3.34. The lowest BCUT2D eigenvalue weighted by Gasteiger charge is -2.16. The molecule has 0 saturated carbocycles. The van der Waals surface area contributed by atoms with Crippen molar-refractivity contribution in [2.45, 2.75) is 36.2 Å². The van der Waals surface area contributed by atoms with Crippen LogP contribution in [0, 0.1) is 10.1 Å². The molecule has 152 valence electrons. The third-order valence-electron chi connectivity index (χ3n) is 4.65. The number of imidazole rings is 1. The third kappa shape index (κ3) is 3.80. The number of hydrogen-bond acceptors (Lipinski definition) is 10. The van der Waals surface area contributed by atoms with Gasteiger partial charge in [0.2, 0.25) is 0 Å². The van der Waals surface area contributed by atoms with Gasteiger partial charge in [-0.2, -0.15) is 0 Å². The van der Waals surface area contributed by atoms with Gasteiger partial charge in [0, 0.05) is 12.1 Å². The number of thiol groups is 1. The van der Waals surface area contributed by atoms with Gasteiger partial charge in [0.25, 0.3) is 5.69 Å². The number of nitrogens with zero attached hydrogens (tertiary/aromatic N) is 5. The summed E-state index contributed by atoms with van der Waals surface area (Å²) in [4.78, 5) is 22.5. The van der Waals surface area contributed by atoms with E-state index in [-0.39, 0.29) is 18.9 Å². The summed E-state index contributed by atoms with van der Waals surface area (Å²) in [5.41, 5.74) is 1.61. The molecular formula is C17H17N5O6S. The van der Waals surface area contributed by atoms with Crippen LogP contribution < -0.4 is 0 Å². The van der Waals surface area contributed by atoms with Gasteiger partial charge in [0.15, 0.2) is 11.9 Å². The van der Waals surface area contributed by atoms with Crippen molar-refractivity contribution in [1.29, 1.82) is 0 Å². The summed E-state index contributed by atoms with van der Waals surface area (Å²) >= 11 is 4.23. The second-order valence-electron chi connectivity index (χ2n) is 6.51. The first kappa shape index (κ1) is 19.7. The van der Waals surface area contributed by atoms with Crippen LogP contribution in [0.1, 0.15) is 11.8 Å². The second kappa shape index (κ2) is 8.00. The van der Waals surface area contributed by atoms with E-state index >= 15 is 0 Å². The molecule has 1 aliphatic rings. The lowest BCUT2D eigenvalue weighted by Crippen LogP contribution is -2.33. The Kier molecular flexibility index (Phi) is 5.43. The molecule has 4 rings (SSSR count). The molecule has 1 saturated heterocycles. The maximum absolute atomic E-state index is 10.7. The van der Waals surface area contributed by atoms with Crippen LogP contribution in [0.3, 0.4) is 0 Å². The minimum atomic E-state index is -1.21. The lowest BCUT2D eigenvalue weighted by atomic mass is 10.1. The van der Waals surface area contributed by atoms with Crippen LogP contribution in [0.4, 0.5) is 5.69 Å². The minimum Gasteiger partial charge on any atom is -0.387 e. The van der Waals surface area contributed by atoms with Crippen LogP contribution in [-0.2, 0) is 16.1 Å². The zero-order valence-corrected chi connectivity index (χ0v) is 15.8. The summed E-state index contributed by atoms with van der Waals surface area (Å²) in [7, 11) is 0. The second-order valence-corrected chi connectivity index (χ2v) is 6.93. The van der Waals surface area contributed by atoms with Crippen molar-refractivity contribution >= 4 is 29.5 Å². The van der Waals surface area contributed by atoms with Crippen LogP contribution in [-0.4, -0.2) is 59.6 Å². The van der Waals surface area contributed by atoms with Crippen molar-refractivity contribution in [3.63, 3.8) is 0 Å². The Morgan fingerprint density at radius 1 is 1.21 bits per heavy atom. The first-order valence-corrected chi connectivity index (χ1v) is 9.09. The van der Waals surface area contributed by atoms with Crippen molar-refractivity contribution in [3.8, 4) is 0 Å². The SMILES string of the molecule is O=[N+]([O-])c1ccc(COC[C@H]2O[C@@H](n3cnc4c(S)ncnc43)[C@H](O)[C@@H]2O)cc1. The van der Waals surface area contributed by atoms with Crippen molar-refractivity contribution in [2.75, 3.05) is 6.61 Å². The van der Waals surface area contributed by atoms with Crippen LogP contribution in [0.5, 0.6) is 0 Å². The maximum atomic E-state index is 10.7. The number of ether oxygens (including phenoxy) is 2. The van der Waals surface area contributed by atoms with Crippen molar-refractivity contribution in [3.05, 3.63) is 52.6 Å². The molecule has 11 nitrogen and oxygen atoms in total. The fourth-order valence-electron chi connectivity index (χ4n) is 3.13. The van der Waals surface area contributed by atoms with Crippen LogP contribution in [0.15, 0.2) is 41.9 Å². The molecule has 3 aromatic rings. The molecule has 0 bridgehead atoms. The van der Waals surface area contributed by atoms with E-state index in [2.05, 4.69) is 27.6 Å². The number of nitro groups is 1. The standard InChI is InChI=1S/C17H17N5O6S/c23-13-11(6-27-5-9-1-3-10(4-2-9)22(25)26)28-17(14(13)24)21-8-20-12-15(21)18-7-19-16(12)29/h1-4,7-8,11,13-14,17,23-24H,5-6H2,(H,18,19,29)/t11-,13-,14-,17-/m1/s1. The van der Waals surface area contributed by atoms with Crippen molar-refractivity contribution in [1.82, 2.24) is 19.5 Å². The zero-order valence-electron chi connectivity index (χ0n) is 14.9. The van der Waals surface area contributed by atoms with Gasteiger partial charge in [-0.1, -0.05) is 0 Å². The minimum absolute atomic E-state index is 0.00463. The first-order valence-electron chi connectivity index (χ1n) is 8.65. The van der Waals surface area contributed by atoms with Gasteiger partial charge in [-0.15, -0.1) is 12.6 Å². The smallest absolute Gasteiger partial charge is 0.269 e. The predicted molar refractivity (Wildman–Crippen MR) is 101 cm³/mol. The summed E-state index contributed by atoms with van der Waals surface area (Å²) < 4.78 is 12.9. The highest BCUT2D eigenvalue weighted by Gasteiger charge is 2.44. The number of nitro benzene ring substituents is 1. The van der Waals surface area contributed by atoms with Gasteiger partial charge in [0.05, 0.1) is 24.5 Å². The van der Waals surface area contributed by atoms with Crippen molar-refractivity contribution in [2.24, 2.45) is 0 Å². The molecule has 4 atom stereocenters. The Hall–Kier alpha value is -2.64. The Balaban J connectivity index is 1.41. The molecule has 2 N–H and O–H groups in total. The summed E-state index contributed by atoms with van der Waals surface area (Å²) in [6.07, 6.45) is -1.29. The largest absolute Gasteiger partial charge is 0.387 e. The van der Waals surface area contributed by atoms with Crippen molar-refractivity contribution < 1.29 is 24.6 Å². The van der Waals surface area contributed by atoms with Gasteiger partial charge in [-0.3, -0.25) is 14.7 Å². The molecule has 1 fully saturated rings. The Morgan fingerprint density at radius 3 is 2.69 bits per heavy atom.